The minimum absolute atomic E-state index is 0.0243. The molecular weight excluding hydrogens is 205 g/mol. The Kier molecular flexibility index (Phi) is 4.62. The Hall–Kier alpha value is -1.22. The van der Waals surface area contributed by atoms with Gasteiger partial charge in [0, 0.05) is 5.56 Å². The fourth-order valence-electron chi connectivity index (χ4n) is 1.64. The highest BCUT2D eigenvalue weighted by molar-refractivity contribution is 6.00. The van der Waals surface area contributed by atoms with Crippen molar-refractivity contribution < 1.29 is 9.18 Å². The molecule has 0 aliphatic rings. The first-order valence-corrected chi connectivity index (χ1v) is 5.51. The molecule has 0 radical (unpaired) electrons. The maximum absolute atomic E-state index is 12.7. The maximum Gasteiger partial charge on any atom is 0.179 e. The van der Waals surface area contributed by atoms with Gasteiger partial charge in [0.2, 0.25) is 0 Å². The number of rotatable bonds is 5. The Balaban J connectivity index is 2.78. The Labute approximate surface area is 95.9 Å². The minimum atomic E-state index is -0.318. The van der Waals surface area contributed by atoms with Crippen molar-refractivity contribution in [2.75, 3.05) is 7.05 Å². The standard InChI is InChI=1S/C13H18FNO/c1-9(2)8-12(15-3)13(16)10-4-6-11(14)7-5-10/h4-7,9,12,15H,8H2,1-3H3. The molecule has 1 aromatic carbocycles. The molecule has 0 amide bonds. The zero-order valence-corrected chi connectivity index (χ0v) is 9.96. The van der Waals surface area contributed by atoms with Gasteiger partial charge in [0.1, 0.15) is 5.82 Å². The molecule has 0 aliphatic carbocycles. The summed E-state index contributed by atoms with van der Waals surface area (Å²) in [7, 11) is 1.77. The monoisotopic (exact) mass is 223 g/mol. The molecule has 1 atom stereocenters. The summed E-state index contributed by atoms with van der Waals surface area (Å²) in [4.78, 5) is 12.0. The average molecular weight is 223 g/mol. The molecular formula is C13H18FNO. The van der Waals surface area contributed by atoms with E-state index in [1.165, 1.54) is 24.3 Å². The molecule has 0 saturated heterocycles. The van der Waals surface area contributed by atoms with Crippen molar-refractivity contribution in [3.05, 3.63) is 35.6 Å². The molecule has 0 aliphatic heterocycles. The molecule has 0 saturated carbocycles. The molecule has 2 nitrogen and oxygen atoms in total. The lowest BCUT2D eigenvalue weighted by molar-refractivity contribution is 0.0935. The largest absolute Gasteiger partial charge is 0.310 e. The highest BCUT2D eigenvalue weighted by Gasteiger charge is 2.19. The topological polar surface area (TPSA) is 29.1 Å². The van der Waals surface area contributed by atoms with Crippen LogP contribution < -0.4 is 5.32 Å². The summed E-state index contributed by atoms with van der Waals surface area (Å²) in [6.45, 7) is 4.14. The van der Waals surface area contributed by atoms with E-state index < -0.39 is 0 Å². The Morgan fingerprint density at radius 1 is 1.31 bits per heavy atom. The van der Waals surface area contributed by atoms with Crippen molar-refractivity contribution in [2.24, 2.45) is 5.92 Å². The van der Waals surface area contributed by atoms with E-state index in [2.05, 4.69) is 19.2 Å². The summed E-state index contributed by atoms with van der Waals surface area (Å²) in [6, 6.07) is 5.50. The van der Waals surface area contributed by atoms with Crippen molar-refractivity contribution in [3.8, 4) is 0 Å². The van der Waals surface area contributed by atoms with Crippen LogP contribution in [0.4, 0.5) is 4.39 Å². The van der Waals surface area contributed by atoms with Crippen LogP contribution in [0.2, 0.25) is 0 Å². The normalized spacial score (nSPS) is 12.8. The van der Waals surface area contributed by atoms with Crippen LogP contribution in [0.25, 0.3) is 0 Å². The number of nitrogens with one attached hydrogen (secondary N) is 1. The van der Waals surface area contributed by atoms with Gasteiger partial charge in [0.05, 0.1) is 6.04 Å². The molecule has 3 heteroatoms. The fraction of sp³-hybridized carbons (Fsp3) is 0.462. The third-order valence-corrected chi connectivity index (χ3v) is 2.50. The lowest BCUT2D eigenvalue weighted by atomic mass is 9.96. The Bertz CT molecular complexity index is 345. The zero-order chi connectivity index (χ0) is 12.1. The van der Waals surface area contributed by atoms with E-state index >= 15 is 0 Å². The average Bonchev–Trinajstić information content (AvgIpc) is 2.25. The predicted octanol–water partition coefficient (Wildman–Crippen LogP) is 2.64. The van der Waals surface area contributed by atoms with Gasteiger partial charge in [-0.15, -0.1) is 0 Å². The summed E-state index contributed by atoms with van der Waals surface area (Å²) < 4.78 is 12.7. The number of benzene rings is 1. The second-order valence-corrected chi connectivity index (χ2v) is 4.34. The second kappa shape index (κ2) is 5.75. The molecule has 0 aromatic heterocycles. The van der Waals surface area contributed by atoms with Gasteiger partial charge >= 0.3 is 0 Å². The van der Waals surface area contributed by atoms with Crippen LogP contribution in [-0.2, 0) is 0 Å². The zero-order valence-electron chi connectivity index (χ0n) is 9.96. The van der Waals surface area contributed by atoms with Crippen LogP contribution in [0, 0.1) is 11.7 Å². The highest BCUT2D eigenvalue weighted by Crippen LogP contribution is 2.11. The van der Waals surface area contributed by atoms with E-state index in [4.69, 9.17) is 0 Å². The quantitative estimate of drug-likeness (QED) is 0.777. The second-order valence-electron chi connectivity index (χ2n) is 4.34. The van der Waals surface area contributed by atoms with E-state index in [0.717, 1.165) is 6.42 Å². The summed E-state index contributed by atoms with van der Waals surface area (Å²) in [6.07, 6.45) is 0.784. The van der Waals surface area contributed by atoms with E-state index in [9.17, 15) is 9.18 Å². The molecule has 0 spiro atoms. The summed E-state index contributed by atoms with van der Waals surface area (Å²) >= 11 is 0. The van der Waals surface area contributed by atoms with Crippen LogP contribution in [0.3, 0.4) is 0 Å². The SMILES string of the molecule is CNC(CC(C)C)C(=O)c1ccc(F)cc1. The number of carbonyl (C=O) groups excluding carboxylic acids is 1. The highest BCUT2D eigenvalue weighted by atomic mass is 19.1. The number of ketones is 1. The molecule has 0 bridgehead atoms. The number of Topliss-reactive ketones (excluding diaryl/α,β-unsaturated/α-hetero) is 1. The van der Waals surface area contributed by atoms with Crippen molar-refractivity contribution in [1.82, 2.24) is 5.32 Å². The van der Waals surface area contributed by atoms with Gasteiger partial charge < -0.3 is 5.32 Å². The van der Waals surface area contributed by atoms with Crippen LogP contribution in [0.5, 0.6) is 0 Å². The molecule has 0 heterocycles. The third-order valence-electron chi connectivity index (χ3n) is 2.50. The molecule has 1 unspecified atom stereocenters. The first-order valence-electron chi connectivity index (χ1n) is 5.51. The van der Waals surface area contributed by atoms with Crippen LogP contribution >= 0.6 is 0 Å². The third kappa shape index (κ3) is 3.42. The van der Waals surface area contributed by atoms with Gasteiger partial charge in [-0.3, -0.25) is 4.79 Å². The number of carbonyl (C=O) groups is 1. The van der Waals surface area contributed by atoms with E-state index in [-0.39, 0.29) is 17.6 Å². The predicted molar refractivity (Wildman–Crippen MR) is 63.0 cm³/mol. The fourth-order valence-corrected chi connectivity index (χ4v) is 1.64. The van der Waals surface area contributed by atoms with E-state index in [1.54, 1.807) is 7.05 Å². The molecule has 1 rings (SSSR count). The minimum Gasteiger partial charge on any atom is -0.310 e. The summed E-state index contributed by atoms with van der Waals surface area (Å²) in [5, 5.41) is 3.00. The lowest BCUT2D eigenvalue weighted by Gasteiger charge is -2.17. The van der Waals surface area contributed by atoms with Crippen molar-refractivity contribution >= 4 is 5.78 Å². The molecule has 0 fully saturated rings. The van der Waals surface area contributed by atoms with Crippen LogP contribution in [0.15, 0.2) is 24.3 Å². The number of hydrogen-bond acceptors (Lipinski definition) is 2. The van der Waals surface area contributed by atoms with Gasteiger partial charge in [0.25, 0.3) is 0 Å². The van der Waals surface area contributed by atoms with Gasteiger partial charge in [-0.2, -0.15) is 0 Å². The molecule has 1 N–H and O–H groups in total. The maximum atomic E-state index is 12.7. The summed E-state index contributed by atoms with van der Waals surface area (Å²) in [5.74, 6) is 0.152. The van der Waals surface area contributed by atoms with Crippen molar-refractivity contribution in [3.63, 3.8) is 0 Å². The lowest BCUT2D eigenvalue weighted by Crippen LogP contribution is -2.35. The number of hydrogen-bond donors (Lipinski definition) is 1. The molecule has 88 valence electrons. The van der Waals surface area contributed by atoms with Gasteiger partial charge in [0.15, 0.2) is 5.78 Å². The number of likely N-dealkylation sites (N-methyl/N-ethyl adjacent to an activating group) is 1. The smallest absolute Gasteiger partial charge is 0.179 e. The Morgan fingerprint density at radius 2 is 1.88 bits per heavy atom. The summed E-state index contributed by atoms with van der Waals surface area (Å²) in [5.41, 5.74) is 0.557. The number of halogens is 1. The first-order chi connectivity index (χ1) is 7.54. The molecule has 16 heavy (non-hydrogen) atoms. The van der Waals surface area contributed by atoms with Crippen LogP contribution in [-0.4, -0.2) is 18.9 Å². The Morgan fingerprint density at radius 3 is 2.31 bits per heavy atom. The first kappa shape index (κ1) is 12.8. The van der Waals surface area contributed by atoms with Crippen LogP contribution in [0.1, 0.15) is 30.6 Å². The van der Waals surface area contributed by atoms with E-state index in [0.29, 0.717) is 11.5 Å². The van der Waals surface area contributed by atoms with Crippen molar-refractivity contribution in [1.29, 1.82) is 0 Å². The van der Waals surface area contributed by atoms with Crippen molar-refractivity contribution in [2.45, 2.75) is 26.3 Å². The van der Waals surface area contributed by atoms with Gasteiger partial charge in [-0.05, 0) is 43.7 Å². The van der Waals surface area contributed by atoms with E-state index in [1.807, 2.05) is 0 Å². The van der Waals surface area contributed by atoms with Gasteiger partial charge in [-0.1, -0.05) is 13.8 Å². The molecule has 1 aromatic rings. The van der Waals surface area contributed by atoms with Gasteiger partial charge in [-0.25, -0.2) is 4.39 Å².